The number of rotatable bonds is 3. The van der Waals surface area contributed by atoms with E-state index in [4.69, 9.17) is 0 Å². The van der Waals surface area contributed by atoms with Gasteiger partial charge in [0.15, 0.2) is 0 Å². The number of hydrogen-bond acceptors (Lipinski definition) is 3. The lowest BCUT2D eigenvalue weighted by Crippen LogP contribution is -2.15. The summed E-state index contributed by atoms with van der Waals surface area (Å²) in [6.45, 7) is 5.56. The number of sulfonamides is 1. The molecule has 0 saturated heterocycles. The molecule has 0 aliphatic heterocycles. The molecule has 5 heteroatoms. The van der Waals surface area contributed by atoms with Crippen LogP contribution in [0.25, 0.3) is 21.7 Å². The Balaban J connectivity index is 1.91. The SMILES string of the molecule is Cc1ccc(C)c(S(=O)(=O)Nc2cc(C)nc3c2ccc2ccccc23)c1. The molecular formula is C22H20N2O2S. The molecule has 1 N–H and O–H groups in total. The molecule has 0 bridgehead atoms. The number of aryl methyl sites for hydroxylation is 3. The Hall–Kier alpha value is -2.92. The number of fused-ring (bicyclic) bond motifs is 3. The van der Waals surface area contributed by atoms with Crippen LogP contribution in [0.3, 0.4) is 0 Å². The van der Waals surface area contributed by atoms with Crippen molar-refractivity contribution in [2.45, 2.75) is 25.7 Å². The number of hydrogen-bond donors (Lipinski definition) is 1. The van der Waals surface area contributed by atoms with Gasteiger partial charge in [0.1, 0.15) is 0 Å². The van der Waals surface area contributed by atoms with Crippen molar-refractivity contribution >= 4 is 37.4 Å². The monoisotopic (exact) mass is 376 g/mol. The highest BCUT2D eigenvalue weighted by molar-refractivity contribution is 7.92. The number of nitrogens with zero attached hydrogens (tertiary/aromatic N) is 1. The zero-order valence-electron chi connectivity index (χ0n) is 15.4. The van der Waals surface area contributed by atoms with Crippen LogP contribution < -0.4 is 4.72 Å². The van der Waals surface area contributed by atoms with E-state index in [0.717, 1.165) is 32.9 Å². The maximum atomic E-state index is 13.1. The summed E-state index contributed by atoms with van der Waals surface area (Å²) in [6, 6.07) is 19.1. The van der Waals surface area contributed by atoms with Crippen molar-refractivity contribution in [3.63, 3.8) is 0 Å². The zero-order valence-corrected chi connectivity index (χ0v) is 16.3. The number of anilines is 1. The molecule has 0 aliphatic carbocycles. The molecule has 136 valence electrons. The molecule has 0 spiro atoms. The fraction of sp³-hybridized carbons (Fsp3) is 0.136. The predicted octanol–water partition coefficient (Wildman–Crippen LogP) is 5.11. The van der Waals surface area contributed by atoms with Gasteiger partial charge in [-0.3, -0.25) is 9.71 Å². The summed E-state index contributed by atoms with van der Waals surface area (Å²) in [5.41, 5.74) is 3.73. The van der Waals surface area contributed by atoms with Gasteiger partial charge in [-0.1, -0.05) is 48.5 Å². The van der Waals surface area contributed by atoms with Gasteiger partial charge in [-0.25, -0.2) is 8.42 Å². The van der Waals surface area contributed by atoms with Gasteiger partial charge in [-0.2, -0.15) is 0 Å². The van der Waals surface area contributed by atoms with Gasteiger partial charge in [0, 0.05) is 16.5 Å². The number of benzene rings is 3. The van der Waals surface area contributed by atoms with E-state index in [9.17, 15) is 8.42 Å². The van der Waals surface area contributed by atoms with Gasteiger partial charge in [0.2, 0.25) is 0 Å². The first-order valence-corrected chi connectivity index (χ1v) is 10.2. The Kier molecular flexibility index (Phi) is 4.12. The highest BCUT2D eigenvalue weighted by atomic mass is 32.2. The smallest absolute Gasteiger partial charge is 0.262 e. The highest BCUT2D eigenvalue weighted by Gasteiger charge is 2.19. The normalized spacial score (nSPS) is 11.8. The Morgan fingerprint density at radius 3 is 2.44 bits per heavy atom. The van der Waals surface area contributed by atoms with Crippen LogP contribution in [0, 0.1) is 20.8 Å². The third-order valence-electron chi connectivity index (χ3n) is 4.71. The molecule has 0 radical (unpaired) electrons. The lowest BCUT2D eigenvalue weighted by atomic mass is 10.0. The second-order valence-corrected chi connectivity index (χ2v) is 8.52. The molecule has 0 unspecified atom stereocenters. The van der Waals surface area contributed by atoms with Crippen molar-refractivity contribution in [1.82, 2.24) is 4.98 Å². The first-order chi connectivity index (χ1) is 12.8. The second-order valence-electron chi connectivity index (χ2n) is 6.87. The Morgan fingerprint density at radius 1 is 0.852 bits per heavy atom. The van der Waals surface area contributed by atoms with Crippen LogP contribution in [0.1, 0.15) is 16.8 Å². The second kappa shape index (κ2) is 6.35. The van der Waals surface area contributed by atoms with E-state index in [0.29, 0.717) is 16.1 Å². The zero-order chi connectivity index (χ0) is 19.2. The minimum atomic E-state index is -3.71. The summed E-state index contributed by atoms with van der Waals surface area (Å²) in [7, 11) is -3.71. The Labute approximate surface area is 158 Å². The summed E-state index contributed by atoms with van der Waals surface area (Å²) in [5.74, 6) is 0. The van der Waals surface area contributed by atoms with E-state index >= 15 is 0 Å². The average Bonchev–Trinajstić information content (AvgIpc) is 2.63. The number of aromatic nitrogens is 1. The molecule has 4 aromatic rings. The van der Waals surface area contributed by atoms with Crippen LogP contribution in [0.2, 0.25) is 0 Å². The fourth-order valence-corrected chi connectivity index (χ4v) is 4.77. The largest absolute Gasteiger partial charge is 0.279 e. The number of pyridine rings is 1. The van der Waals surface area contributed by atoms with Gasteiger partial charge in [0.25, 0.3) is 10.0 Å². The highest BCUT2D eigenvalue weighted by Crippen LogP contribution is 2.31. The molecule has 3 aromatic carbocycles. The molecule has 4 rings (SSSR count). The van der Waals surface area contributed by atoms with Crippen LogP contribution >= 0.6 is 0 Å². The van der Waals surface area contributed by atoms with E-state index in [1.807, 2.05) is 62.4 Å². The van der Waals surface area contributed by atoms with Crippen molar-refractivity contribution < 1.29 is 8.42 Å². The topological polar surface area (TPSA) is 59.1 Å². The van der Waals surface area contributed by atoms with E-state index in [-0.39, 0.29) is 0 Å². The molecule has 0 atom stereocenters. The summed E-state index contributed by atoms with van der Waals surface area (Å²) in [6.07, 6.45) is 0. The van der Waals surface area contributed by atoms with Crippen molar-refractivity contribution in [2.24, 2.45) is 0 Å². The molecule has 1 aromatic heterocycles. The van der Waals surface area contributed by atoms with Crippen LogP contribution in [0.15, 0.2) is 65.6 Å². The van der Waals surface area contributed by atoms with Crippen LogP contribution in [0.5, 0.6) is 0 Å². The fourth-order valence-electron chi connectivity index (χ4n) is 3.37. The standard InChI is InChI=1S/C22H20N2O2S/c1-14-8-9-15(2)21(12-14)27(25,26)24-20-13-16(3)23-22-18-7-5-4-6-17(18)10-11-19(20)22/h4-13H,1-3H3,(H,23,24). The summed E-state index contributed by atoms with van der Waals surface area (Å²) in [5, 5.41) is 2.87. The molecule has 0 amide bonds. The van der Waals surface area contributed by atoms with Crippen molar-refractivity contribution in [3.8, 4) is 0 Å². The first-order valence-electron chi connectivity index (χ1n) is 8.74. The maximum Gasteiger partial charge on any atom is 0.262 e. The van der Waals surface area contributed by atoms with Crippen LogP contribution in [-0.2, 0) is 10.0 Å². The minimum Gasteiger partial charge on any atom is -0.279 e. The molecule has 27 heavy (non-hydrogen) atoms. The summed E-state index contributed by atoms with van der Waals surface area (Å²) < 4.78 is 28.9. The van der Waals surface area contributed by atoms with E-state index in [2.05, 4.69) is 9.71 Å². The van der Waals surface area contributed by atoms with Gasteiger partial charge >= 0.3 is 0 Å². The van der Waals surface area contributed by atoms with Gasteiger partial charge < -0.3 is 0 Å². The quantitative estimate of drug-likeness (QED) is 0.505. The summed E-state index contributed by atoms with van der Waals surface area (Å²) >= 11 is 0. The van der Waals surface area contributed by atoms with Gasteiger partial charge in [-0.05, 0) is 49.4 Å². The summed E-state index contributed by atoms with van der Waals surface area (Å²) in [4.78, 5) is 4.96. The molecular weight excluding hydrogens is 356 g/mol. The number of nitrogens with one attached hydrogen (secondary N) is 1. The van der Waals surface area contributed by atoms with Crippen molar-refractivity contribution in [1.29, 1.82) is 0 Å². The van der Waals surface area contributed by atoms with Gasteiger partial charge in [0.05, 0.1) is 16.1 Å². The third kappa shape index (κ3) is 3.15. The predicted molar refractivity (Wildman–Crippen MR) is 111 cm³/mol. The molecule has 0 fully saturated rings. The lowest BCUT2D eigenvalue weighted by molar-refractivity contribution is 0.600. The molecule has 4 nitrogen and oxygen atoms in total. The molecule has 0 aliphatic rings. The van der Waals surface area contributed by atoms with Crippen molar-refractivity contribution in [3.05, 3.63) is 77.5 Å². The van der Waals surface area contributed by atoms with Crippen molar-refractivity contribution in [2.75, 3.05) is 4.72 Å². The lowest BCUT2D eigenvalue weighted by Gasteiger charge is -2.14. The molecule has 1 heterocycles. The minimum absolute atomic E-state index is 0.297. The average molecular weight is 376 g/mol. The van der Waals surface area contributed by atoms with Gasteiger partial charge in [-0.15, -0.1) is 0 Å². The Bertz CT molecular complexity index is 1290. The first kappa shape index (κ1) is 17.5. The van der Waals surface area contributed by atoms with Crippen LogP contribution in [0.4, 0.5) is 5.69 Å². The Morgan fingerprint density at radius 2 is 1.63 bits per heavy atom. The third-order valence-corrected chi connectivity index (χ3v) is 6.22. The van der Waals surface area contributed by atoms with E-state index in [1.54, 1.807) is 19.1 Å². The van der Waals surface area contributed by atoms with E-state index < -0.39 is 10.0 Å². The van der Waals surface area contributed by atoms with E-state index in [1.165, 1.54) is 0 Å². The maximum absolute atomic E-state index is 13.1. The van der Waals surface area contributed by atoms with Crippen LogP contribution in [-0.4, -0.2) is 13.4 Å². The molecule has 0 saturated carbocycles.